The highest BCUT2D eigenvalue weighted by molar-refractivity contribution is 7.88. The maximum Gasteiger partial charge on any atom is 0.337 e. The number of carbonyl (C=O) groups excluding carboxylic acids is 1. The maximum atomic E-state index is 12.0. The first-order chi connectivity index (χ1) is 26.1. The lowest BCUT2D eigenvalue weighted by atomic mass is 9.98. The molecule has 2 aliphatic rings. The molecule has 15 heteroatoms. The second-order valence-electron chi connectivity index (χ2n) is 13.9. The van der Waals surface area contributed by atoms with Crippen molar-refractivity contribution in [2.75, 3.05) is 25.6 Å². The van der Waals surface area contributed by atoms with Gasteiger partial charge in [0.05, 0.1) is 28.1 Å². The predicted octanol–water partition coefficient (Wildman–Crippen LogP) is 8.68. The molecular formula is C40H38Cl2N4O7S2. The van der Waals surface area contributed by atoms with Crippen LogP contribution in [0.2, 0.25) is 10.0 Å². The number of halogens is 2. The monoisotopic (exact) mass is 820 g/mol. The number of fused-ring (bicyclic) bond motifs is 2. The number of nitrogens with zero attached hydrogens (tertiary/aromatic N) is 2. The zero-order valence-corrected chi connectivity index (χ0v) is 33.1. The normalized spacial score (nSPS) is 18.1. The number of hydrogen-bond donors (Lipinski definition) is 3. The van der Waals surface area contributed by atoms with Gasteiger partial charge in [-0.3, -0.25) is 4.79 Å². The fraction of sp³-hybridized carbons (Fsp3) is 0.250. The fourth-order valence-electron chi connectivity index (χ4n) is 7.73. The maximum absolute atomic E-state index is 12.0. The smallest absolute Gasteiger partial charge is 0.337 e. The molecule has 0 bridgehead atoms. The Morgan fingerprint density at radius 2 is 1.15 bits per heavy atom. The van der Waals surface area contributed by atoms with Crippen LogP contribution in [0.3, 0.4) is 0 Å². The minimum Gasteiger partial charge on any atom is -0.478 e. The van der Waals surface area contributed by atoms with Crippen LogP contribution >= 0.6 is 23.2 Å². The lowest BCUT2D eigenvalue weighted by Gasteiger charge is -2.22. The van der Waals surface area contributed by atoms with Crippen LogP contribution in [0.1, 0.15) is 69.6 Å². The molecule has 0 radical (unpaired) electrons. The van der Waals surface area contributed by atoms with Crippen LogP contribution in [-0.2, 0) is 20.0 Å². The first-order valence-corrected chi connectivity index (χ1v) is 22.0. The van der Waals surface area contributed by atoms with Gasteiger partial charge < -0.3 is 15.1 Å². The lowest BCUT2D eigenvalue weighted by molar-refractivity contribution is 0.0699. The lowest BCUT2D eigenvalue weighted by Crippen LogP contribution is -2.29. The van der Waals surface area contributed by atoms with Gasteiger partial charge in [-0.15, -0.1) is 0 Å². The van der Waals surface area contributed by atoms with Gasteiger partial charge in [-0.05, 0) is 72.2 Å². The number of aldehydes is 1. The highest BCUT2D eigenvalue weighted by Crippen LogP contribution is 2.39. The molecule has 4 aromatic carbocycles. The Hall–Kier alpha value is -4.50. The summed E-state index contributed by atoms with van der Waals surface area (Å²) in [6.45, 7) is 1.11. The summed E-state index contributed by atoms with van der Waals surface area (Å²) in [4.78, 5) is 28.6. The van der Waals surface area contributed by atoms with Gasteiger partial charge in [-0.1, -0.05) is 71.7 Å². The summed E-state index contributed by atoms with van der Waals surface area (Å²) in [7, 11) is -6.47. The number of benzene rings is 4. The summed E-state index contributed by atoms with van der Waals surface area (Å²) in [5.74, 6) is -1.00. The van der Waals surface area contributed by atoms with Crippen LogP contribution in [0, 0.1) is 0 Å². The number of H-pyrrole nitrogens is 2. The number of aromatic amines is 2. The minimum atomic E-state index is -3.25. The number of aromatic carboxylic acids is 1. The van der Waals surface area contributed by atoms with Crippen molar-refractivity contribution in [3.05, 3.63) is 117 Å². The van der Waals surface area contributed by atoms with Crippen molar-refractivity contribution < 1.29 is 31.5 Å². The Kier molecular flexibility index (Phi) is 10.7. The van der Waals surface area contributed by atoms with Crippen LogP contribution in [0.25, 0.3) is 44.1 Å². The molecule has 0 amide bonds. The van der Waals surface area contributed by atoms with Crippen molar-refractivity contribution >= 4 is 77.3 Å². The van der Waals surface area contributed by atoms with Gasteiger partial charge in [0.15, 0.2) is 6.29 Å². The SMILES string of the molecule is CS(=O)(=O)N1CCCC1c1ccc(-c2cc3c(C(=O)O)c[nH]c3cc2Cl)cc1.CS(=O)(=O)N1CCCC1c1ccc(-c2cc3c(C=O)c[nH]c3cc2Cl)cc1. The highest BCUT2D eigenvalue weighted by atomic mass is 35.5. The fourth-order valence-corrected chi connectivity index (χ4v) is 10.6. The molecule has 2 aliphatic heterocycles. The Morgan fingerprint density at radius 3 is 1.58 bits per heavy atom. The standard InChI is InChI=1S/C20H19ClN2O4S.C20H19ClN2O3S/c1-28(26,27)23-8-2-3-19(23)13-6-4-12(5-7-13)14-9-15-16(20(24)25)11-22-18(15)10-17(14)21;1-27(25,26)23-8-2-3-20(23)14-6-4-13(5-7-14)16-9-17-15(12-24)11-22-19(17)10-18(16)21/h4-7,9-11,19,22H,2-3,8H2,1H3,(H,24,25);4-7,9-12,20,22H,2-3,8H2,1H3. The second-order valence-corrected chi connectivity index (χ2v) is 18.6. The topological polar surface area (TPSA) is 161 Å². The number of carboxylic acids is 1. The highest BCUT2D eigenvalue weighted by Gasteiger charge is 2.33. The van der Waals surface area contributed by atoms with E-state index < -0.39 is 26.0 Å². The average Bonchev–Trinajstić information content (AvgIpc) is 3.97. The summed E-state index contributed by atoms with van der Waals surface area (Å²) in [6.07, 6.45) is 9.77. The predicted molar refractivity (Wildman–Crippen MR) is 217 cm³/mol. The van der Waals surface area contributed by atoms with Gasteiger partial charge in [0.1, 0.15) is 0 Å². The molecule has 3 N–H and O–H groups in total. The van der Waals surface area contributed by atoms with E-state index in [2.05, 4.69) is 9.97 Å². The Balaban J connectivity index is 0.000000169. The van der Waals surface area contributed by atoms with Crippen molar-refractivity contribution in [1.29, 1.82) is 0 Å². The molecule has 55 heavy (non-hydrogen) atoms. The number of sulfonamides is 2. The summed E-state index contributed by atoms with van der Waals surface area (Å²) in [5.41, 5.74) is 7.53. The third-order valence-electron chi connectivity index (χ3n) is 10.4. The minimum absolute atomic E-state index is 0.113. The third kappa shape index (κ3) is 7.82. The van der Waals surface area contributed by atoms with E-state index in [0.717, 1.165) is 76.3 Å². The molecule has 4 heterocycles. The summed E-state index contributed by atoms with van der Waals surface area (Å²) in [6, 6.07) is 22.4. The summed E-state index contributed by atoms with van der Waals surface area (Å²) < 4.78 is 51.1. The molecule has 2 aromatic heterocycles. The zero-order chi connectivity index (χ0) is 39.2. The molecule has 11 nitrogen and oxygen atoms in total. The zero-order valence-electron chi connectivity index (χ0n) is 29.9. The third-order valence-corrected chi connectivity index (χ3v) is 13.6. The van der Waals surface area contributed by atoms with Crippen molar-refractivity contribution in [3.63, 3.8) is 0 Å². The van der Waals surface area contributed by atoms with Gasteiger partial charge in [-0.2, -0.15) is 8.61 Å². The first-order valence-electron chi connectivity index (χ1n) is 17.6. The Bertz CT molecular complexity index is 2660. The van der Waals surface area contributed by atoms with E-state index in [1.54, 1.807) is 26.9 Å². The molecule has 2 atom stereocenters. The number of carbonyl (C=O) groups is 2. The van der Waals surface area contributed by atoms with Crippen molar-refractivity contribution in [2.45, 2.75) is 37.8 Å². The molecule has 0 saturated carbocycles. The van der Waals surface area contributed by atoms with Gasteiger partial charge >= 0.3 is 5.97 Å². The molecule has 0 aliphatic carbocycles. The van der Waals surface area contributed by atoms with Crippen molar-refractivity contribution in [1.82, 2.24) is 18.6 Å². The molecule has 0 spiro atoms. The van der Waals surface area contributed by atoms with Crippen LogP contribution in [0.4, 0.5) is 0 Å². The summed E-state index contributed by atoms with van der Waals surface area (Å²) in [5, 5.41) is 11.9. The van der Waals surface area contributed by atoms with Crippen LogP contribution < -0.4 is 0 Å². The number of nitrogens with one attached hydrogen (secondary N) is 2. The van der Waals surface area contributed by atoms with E-state index in [1.165, 1.54) is 18.7 Å². The van der Waals surface area contributed by atoms with Crippen LogP contribution in [0.15, 0.2) is 85.2 Å². The van der Waals surface area contributed by atoms with Gasteiger partial charge in [0, 0.05) is 76.1 Å². The Labute approximate surface area is 329 Å². The molecule has 2 unspecified atom stereocenters. The van der Waals surface area contributed by atoms with Crippen molar-refractivity contribution in [3.8, 4) is 22.3 Å². The first kappa shape index (κ1) is 38.8. The van der Waals surface area contributed by atoms with E-state index in [9.17, 15) is 31.5 Å². The van der Waals surface area contributed by atoms with Gasteiger partial charge in [0.2, 0.25) is 20.0 Å². The number of carboxylic acid groups (broad SMARTS) is 1. The average molecular weight is 822 g/mol. The summed E-state index contributed by atoms with van der Waals surface area (Å²) >= 11 is 12.9. The van der Waals surface area contributed by atoms with E-state index in [0.29, 0.717) is 39.6 Å². The van der Waals surface area contributed by atoms with Gasteiger partial charge in [-0.25, -0.2) is 21.6 Å². The van der Waals surface area contributed by atoms with E-state index in [-0.39, 0.29) is 17.6 Å². The number of hydrogen-bond acceptors (Lipinski definition) is 6. The second kappa shape index (κ2) is 15.2. The van der Waals surface area contributed by atoms with E-state index >= 15 is 0 Å². The molecule has 6 aromatic rings. The molecule has 2 fully saturated rings. The van der Waals surface area contributed by atoms with Crippen LogP contribution in [-0.4, -0.2) is 78.4 Å². The van der Waals surface area contributed by atoms with E-state index in [1.807, 2.05) is 60.7 Å². The molecular weight excluding hydrogens is 784 g/mol. The largest absolute Gasteiger partial charge is 0.478 e. The quantitative estimate of drug-likeness (QED) is 0.130. The van der Waals surface area contributed by atoms with Crippen molar-refractivity contribution in [2.24, 2.45) is 0 Å². The van der Waals surface area contributed by atoms with Crippen LogP contribution in [0.5, 0.6) is 0 Å². The van der Waals surface area contributed by atoms with Gasteiger partial charge in [0.25, 0.3) is 0 Å². The molecule has 2 saturated heterocycles. The number of aromatic nitrogens is 2. The molecule has 286 valence electrons. The van der Waals surface area contributed by atoms with E-state index in [4.69, 9.17) is 23.2 Å². The Morgan fingerprint density at radius 1 is 0.709 bits per heavy atom. The molecule has 8 rings (SSSR count). The number of rotatable bonds is 8.